The number of hydrogen-bond donors (Lipinski definition) is 1. The van der Waals surface area contributed by atoms with Crippen LogP contribution in [-0.4, -0.2) is 58.6 Å². The van der Waals surface area contributed by atoms with Gasteiger partial charge in [-0.1, -0.05) is 33.1 Å². The summed E-state index contributed by atoms with van der Waals surface area (Å²) in [6.07, 6.45) is 1.31. The average Bonchev–Trinajstić information content (AvgIpc) is 3.10. The minimum atomic E-state index is -0.807. The molecule has 1 aromatic heterocycles. The number of hydrogen-bond acceptors (Lipinski definition) is 5. The van der Waals surface area contributed by atoms with Gasteiger partial charge in [-0.2, -0.15) is 5.10 Å². The Labute approximate surface area is 188 Å². The van der Waals surface area contributed by atoms with E-state index in [-0.39, 0.29) is 37.7 Å². The Hall–Kier alpha value is -3.10. The van der Waals surface area contributed by atoms with Gasteiger partial charge in [0.25, 0.3) is 0 Å². The summed E-state index contributed by atoms with van der Waals surface area (Å²) in [5.74, 6) is -1.79. The average molecular weight is 444 g/mol. The molecule has 8 heteroatoms. The lowest BCUT2D eigenvalue weighted by atomic mass is 10.0. The molecule has 0 aliphatic carbocycles. The number of anilines is 1. The molecule has 2 N–H and O–H groups in total. The number of carbonyl (C=O) groups excluding carboxylic acids is 1. The lowest BCUT2D eigenvalue weighted by molar-refractivity contribution is 0.103. The van der Waals surface area contributed by atoms with E-state index < -0.39 is 11.6 Å². The standard InChI is InChI=1S/C22H23F2N5O.2CH4/c1-27-7-9-28(10-8-27)14-15-3-2-4-16(11-15)21(30)18-13-26-29(22(18)25)20-6-5-17(23)12-19(20)24;;/h2-6,11-13H,7-10,14,25H2,1H3;2*1H4. The minimum absolute atomic E-state index is 0. The van der Waals surface area contributed by atoms with Gasteiger partial charge in [0.2, 0.25) is 0 Å². The van der Waals surface area contributed by atoms with Crippen molar-refractivity contribution in [3.8, 4) is 5.69 Å². The zero-order valence-electron chi connectivity index (χ0n) is 16.7. The van der Waals surface area contributed by atoms with Crippen LogP contribution in [-0.2, 0) is 6.54 Å². The highest BCUT2D eigenvalue weighted by Crippen LogP contribution is 2.23. The van der Waals surface area contributed by atoms with Crippen molar-refractivity contribution >= 4 is 11.6 Å². The van der Waals surface area contributed by atoms with Crippen LogP contribution in [0.4, 0.5) is 14.6 Å². The first-order valence-electron chi connectivity index (χ1n) is 9.76. The van der Waals surface area contributed by atoms with Gasteiger partial charge in [0, 0.05) is 44.4 Å². The van der Waals surface area contributed by atoms with E-state index in [0.717, 1.165) is 55.1 Å². The van der Waals surface area contributed by atoms with Crippen LogP contribution in [0.2, 0.25) is 0 Å². The molecule has 6 nitrogen and oxygen atoms in total. The summed E-state index contributed by atoms with van der Waals surface area (Å²) in [6.45, 7) is 4.78. The Kier molecular flexibility index (Phi) is 8.24. The third-order valence-corrected chi connectivity index (χ3v) is 5.38. The molecule has 0 unspecified atom stereocenters. The van der Waals surface area contributed by atoms with Crippen LogP contribution in [0.5, 0.6) is 0 Å². The van der Waals surface area contributed by atoms with Crippen molar-refractivity contribution in [2.45, 2.75) is 21.4 Å². The SMILES string of the molecule is C.C.CN1CCN(Cc2cccc(C(=O)c3cnn(-c4ccc(F)cc4F)c3N)c2)CC1. The summed E-state index contributed by atoms with van der Waals surface area (Å²) in [4.78, 5) is 17.7. The molecule has 2 aromatic carbocycles. The molecule has 172 valence electrons. The van der Waals surface area contributed by atoms with Crippen LogP contribution in [0.15, 0.2) is 48.7 Å². The van der Waals surface area contributed by atoms with E-state index in [2.05, 4.69) is 21.9 Å². The summed E-state index contributed by atoms with van der Waals surface area (Å²) in [6, 6.07) is 10.5. The second-order valence-electron chi connectivity index (χ2n) is 7.56. The fourth-order valence-electron chi connectivity index (χ4n) is 3.61. The van der Waals surface area contributed by atoms with Gasteiger partial charge < -0.3 is 10.6 Å². The van der Waals surface area contributed by atoms with Gasteiger partial charge in [-0.05, 0) is 30.8 Å². The highest BCUT2D eigenvalue weighted by atomic mass is 19.1. The monoisotopic (exact) mass is 443 g/mol. The zero-order chi connectivity index (χ0) is 21.3. The molecule has 1 aliphatic heterocycles. The van der Waals surface area contributed by atoms with Crippen molar-refractivity contribution in [1.29, 1.82) is 0 Å². The van der Waals surface area contributed by atoms with Gasteiger partial charge in [0.05, 0.1) is 11.8 Å². The maximum Gasteiger partial charge on any atom is 0.198 e. The van der Waals surface area contributed by atoms with Gasteiger partial charge in [0.15, 0.2) is 11.6 Å². The second kappa shape index (κ2) is 10.5. The number of nitrogen functional groups attached to an aromatic ring is 1. The lowest BCUT2D eigenvalue weighted by Crippen LogP contribution is -2.43. The van der Waals surface area contributed by atoms with Crippen molar-refractivity contribution in [2.75, 3.05) is 39.0 Å². The molecular formula is C24H31F2N5O. The number of carbonyl (C=O) groups is 1. The first-order valence-corrected chi connectivity index (χ1v) is 9.76. The van der Waals surface area contributed by atoms with Crippen molar-refractivity contribution in [1.82, 2.24) is 19.6 Å². The highest BCUT2D eigenvalue weighted by Gasteiger charge is 2.20. The Morgan fingerprint density at radius 3 is 2.47 bits per heavy atom. The molecule has 1 saturated heterocycles. The maximum atomic E-state index is 14.1. The number of piperazine rings is 1. The molecule has 0 spiro atoms. The van der Waals surface area contributed by atoms with Crippen LogP contribution in [0, 0.1) is 11.6 Å². The first kappa shape index (κ1) is 25.2. The number of nitrogens with two attached hydrogens (primary N) is 1. The summed E-state index contributed by atoms with van der Waals surface area (Å²) < 4.78 is 28.4. The van der Waals surface area contributed by atoms with E-state index in [1.165, 1.54) is 12.3 Å². The van der Waals surface area contributed by atoms with E-state index in [4.69, 9.17) is 5.73 Å². The molecule has 3 aromatic rings. The Balaban J connectivity index is 0.00000181. The van der Waals surface area contributed by atoms with Crippen molar-refractivity contribution in [2.24, 2.45) is 0 Å². The predicted molar refractivity (Wildman–Crippen MR) is 124 cm³/mol. The summed E-state index contributed by atoms with van der Waals surface area (Å²) in [7, 11) is 2.11. The predicted octanol–water partition coefficient (Wildman–Crippen LogP) is 3.98. The van der Waals surface area contributed by atoms with Crippen molar-refractivity contribution in [3.63, 3.8) is 0 Å². The molecular weight excluding hydrogens is 412 g/mol. The van der Waals surface area contributed by atoms with Crippen LogP contribution in [0.25, 0.3) is 5.69 Å². The van der Waals surface area contributed by atoms with E-state index in [9.17, 15) is 13.6 Å². The fourth-order valence-corrected chi connectivity index (χ4v) is 3.61. The maximum absolute atomic E-state index is 14.1. The summed E-state index contributed by atoms with van der Waals surface area (Å²) in [5, 5.41) is 4.04. The quantitative estimate of drug-likeness (QED) is 0.604. The Bertz CT molecular complexity index is 1070. The molecule has 1 fully saturated rings. The zero-order valence-corrected chi connectivity index (χ0v) is 16.7. The van der Waals surface area contributed by atoms with Crippen molar-refractivity contribution in [3.05, 3.63) is 77.0 Å². The number of ketones is 1. The van der Waals surface area contributed by atoms with Crippen molar-refractivity contribution < 1.29 is 13.6 Å². The number of rotatable bonds is 5. The number of benzene rings is 2. The van der Waals surface area contributed by atoms with Gasteiger partial charge in [-0.15, -0.1) is 0 Å². The van der Waals surface area contributed by atoms with Gasteiger partial charge in [-0.3, -0.25) is 9.69 Å². The molecule has 0 saturated carbocycles. The smallest absolute Gasteiger partial charge is 0.198 e. The van der Waals surface area contributed by atoms with Crippen LogP contribution < -0.4 is 5.73 Å². The van der Waals surface area contributed by atoms with Gasteiger partial charge >= 0.3 is 0 Å². The van der Waals surface area contributed by atoms with Crippen LogP contribution >= 0.6 is 0 Å². The fraction of sp³-hybridized carbons (Fsp3) is 0.333. The number of aromatic nitrogens is 2. The topological polar surface area (TPSA) is 67.4 Å². The van der Waals surface area contributed by atoms with E-state index in [1.807, 2.05) is 18.2 Å². The molecule has 0 radical (unpaired) electrons. The molecule has 0 atom stereocenters. The van der Waals surface area contributed by atoms with Gasteiger partial charge in [-0.25, -0.2) is 13.5 Å². The Morgan fingerprint density at radius 1 is 1.06 bits per heavy atom. The third-order valence-electron chi connectivity index (χ3n) is 5.38. The second-order valence-corrected chi connectivity index (χ2v) is 7.56. The molecule has 0 amide bonds. The molecule has 32 heavy (non-hydrogen) atoms. The van der Waals surface area contributed by atoms with Crippen LogP contribution in [0.3, 0.4) is 0 Å². The third kappa shape index (κ3) is 5.20. The number of likely N-dealkylation sites (N-methyl/N-ethyl adjacent to an activating group) is 1. The normalized spacial score (nSPS) is 14.5. The first-order chi connectivity index (χ1) is 14.4. The minimum Gasteiger partial charge on any atom is -0.383 e. The Morgan fingerprint density at radius 2 is 1.78 bits per heavy atom. The van der Waals surface area contributed by atoms with Crippen LogP contribution in [0.1, 0.15) is 36.3 Å². The number of nitrogens with zero attached hydrogens (tertiary/aromatic N) is 4. The summed E-state index contributed by atoms with van der Waals surface area (Å²) in [5.41, 5.74) is 7.78. The lowest BCUT2D eigenvalue weighted by Gasteiger charge is -2.32. The van der Waals surface area contributed by atoms with E-state index in [0.29, 0.717) is 5.56 Å². The largest absolute Gasteiger partial charge is 0.383 e. The molecule has 4 rings (SSSR count). The van der Waals surface area contributed by atoms with Gasteiger partial charge in [0.1, 0.15) is 17.3 Å². The molecule has 1 aliphatic rings. The van der Waals surface area contributed by atoms with E-state index in [1.54, 1.807) is 6.07 Å². The molecule has 2 heterocycles. The highest BCUT2D eigenvalue weighted by molar-refractivity contribution is 6.11. The molecule has 0 bridgehead atoms. The van der Waals surface area contributed by atoms with E-state index >= 15 is 0 Å². The number of halogens is 2. The summed E-state index contributed by atoms with van der Waals surface area (Å²) >= 11 is 0.